The summed E-state index contributed by atoms with van der Waals surface area (Å²) in [6.07, 6.45) is 11.3. The highest BCUT2D eigenvalue weighted by Crippen LogP contribution is 2.31. The molecule has 2 heteroatoms. The maximum Gasteiger partial charge on any atom is 0.185 e. The van der Waals surface area contributed by atoms with Crippen molar-refractivity contribution in [1.82, 2.24) is 4.90 Å². The van der Waals surface area contributed by atoms with E-state index in [9.17, 15) is 4.79 Å². The van der Waals surface area contributed by atoms with E-state index in [4.69, 9.17) is 0 Å². The zero-order valence-electron chi connectivity index (χ0n) is 12.6. The van der Waals surface area contributed by atoms with Crippen molar-refractivity contribution in [2.75, 3.05) is 13.1 Å². The first-order chi connectivity index (χ1) is 10.3. The van der Waals surface area contributed by atoms with Gasteiger partial charge in [0.05, 0.1) is 0 Å². The summed E-state index contributed by atoms with van der Waals surface area (Å²) in [5.74, 6) is 0.105. The third kappa shape index (κ3) is 3.44. The van der Waals surface area contributed by atoms with Crippen LogP contribution in [-0.2, 0) is 0 Å². The molecular formula is C19H23NO. The molecule has 0 amide bonds. The number of piperidine rings is 1. The van der Waals surface area contributed by atoms with Crippen molar-refractivity contribution in [1.29, 1.82) is 0 Å². The van der Waals surface area contributed by atoms with Gasteiger partial charge in [-0.25, -0.2) is 0 Å². The lowest BCUT2D eigenvalue weighted by Crippen LogP contribution is -2.28. The van der Waals surface area contributed by atoms with E-state index in [-0.39, 0.29) is 5.78 Å². The SMILES string of the molecule is O=C(/C=C\C1=C(N2CCCCC2)CCC1)c1ccccc1. The smallest absolute Gasteiger partial charge is 0.185 e. The molecule has 0 radical (unpaired) electrons. The van der Waals surface area contributed by atoms with Crippen LogP contribution in [0.5, 0.6) is 0 Å². The molecule has 0 atom stereocenters. The number of hydrogen-bond acceptors (Lipinski definition) is 2. The zero-order chi connectivity index (χ0) is 14.5. The van der Waals surface area contributed by atoms with E-state index in [0.717, 1.165) is 12.0 Å². The molecular weight excluding hydrogens is 258 g/mol. The molecule has 2 nitrogen and oxygen atoms in total. The Kier molecular flexibility index (Phi) is 4.54. The maximum absolute atomic E-state index is 12.2. The van der Waals surface area contributed by atoms with E-state index in [1.807, 2.05) is 30.3 Å². The molecule has 1 aliphatic heterocycles. The van der Waals surface area contributed by atoms with Gasteiger partial charge in [0.25, 0.3) is 0 Å². The second-order valence-electron chi connectivity index (χ2n) is 5.94. The van der Waals surface area contributed by atoms with E-state index in [1.165, 1.54) is 56.5 Å². The molecule has 1 fully saturated rings. The van der Waals surface area contributed by atoms with Crippen LogP contribution in [0, 0.1) is 0 Å². The lowest BCUT2D eigenvalue weighted by molar-refractivity contribution is 0.104. The molecule has 0 spiro atoms. The van der Waals surface area contributed by atoms with Gasteiger partial charge in [0, 0.05) is 24.4 Å². The second kappa shape index (κ2) is 6.75. The first-order valence-electron chi connectivity index (χ1n) is 8.09. The molecule has 0 N–H and O–H groups in total. The van der Waals surface area contributed by atoms with Crippen LogP contribution in [0.25, 0.3) is 0 Å². The normalized spacial score (nSPS) is 19.5. The van der Waals surface area contributed by atoms with E-state index in [1.54, 1.807) is 6.08 Å². The molecule has 110 valence electrons. The van der Waals surface area contributed by atoms with Crippen molar-refractivity contribution in [3.8, 4) is 0 Å². The molecule has 3 rings (SSSR count). The van der Waals surface area contributed by atoms with E-state index in [0.29, 0.717) is 0 Å². The highest BCUT2D eigenvalue weighted by Gasteiger charge is 2.20. The standard InChI is InChI=1S/C19H23NO/c21-19(17-8-3-1-4-9-17)13-12-16-10-7-11-18(16)20-14-5-2-6-15-20/h1,3-4,8-9,12-13H,2,5-7,10-11,14-15H2/b13-12-. The van der Waals surface area contributed by atoms with E-state index >= 15 is 0 Å². The summed E-state index contributed by atoms with van der Waals surface area (Å²) < 4.78 is 0. The van der Waals surface area contributed by atoms with Crippen molar-refractivity contribution in [2.24, 2.45) is 0 Å². The van der Waals surface area contributed by atoms with Gasteiger partial charge in [-0.3, -0.25) is 4.79 Å². The molecule has 0 aromatic heterocycles. The molecule has 1 saturated heterocycles. The van der Waals surface area contributed by atoms with Gasteiger partial charge in [-0.15, -0.1) is 0 Å². The van der Waals surface area contributed by atoms with Crippen LogP contribution >= 0.6 is 0 Å². The Morgan fingerprint density at radius 1 is 0.952 bits per heavy atom. The van der Waals surface area contributed by atoms with Crippen LogP contribution in [0.2, 0.25) is 0 Å². The number of likely N-dealkylation sites (tertiary alicyclic amines) is 1. The van der Waals surface area contributed by atoms with Gasteiger partial charge in [0.1, 0.15) is 0 Å². The Hall–Kier alpha value is -1.83. The number of ketones is 1. The number of rotatable bonds is 4. The van der Waals surface area contributed by atoms with Crippen molar-refractivity contribution >= 4 is 5.78 Å². The Bertz CT molecular complexity index is 550. The van der Waals surface area contributed by atoms with Crippen molar-refractivity contribution < 1.29 is 4.79 Å². The fourth-order valence-corrected chi connectivity index (χ4v) is 3.33. The fraction of sp³-hybridized carbons (Fsp3) is 0.421. The van der Waals surface area contributed by atoms with Crippen LogP contribution in [-0.4, -0.2) is 23.8 Å². The summed E-state index contributed by atoms with van der Waals surface area (Å²) >= 11 is 0. The van der Waals surface area contributed by atoms with Gasteiger partial charge < -0.3 is 4.90 Å². The van der Waals surface area contributed by atoms with Crippen LogP contribution in [0.15, 0.2) is 53.8 Å². The second-order valence-corrected chi connectivity index (χ2v) is 5.94. The number of carbonyl (C=O) groups excluding carboxylic acids is 1. The molecule has 0 bridgehead atoms. The Balaban J connectivity index is 1.73. The third-order valence-corrected chi connectivity index (χ3v) is 4.46. The van der Waals surface area contributed by atoms with Gasteiger partial charge in [-0.1, -0.05) is 36.4 Å². The Morgan fingerprint density at radius 3 is 2.48 bits per heavy atom. The fourth-order valence-electron chi connectivity index (χ4n) is 3.33. The minimum Gasteiger partial charge on any atom is -0.375 e. The first kappa shape index (κ1) is 14.1. The largest absolute Gasteiger partial charge is 0.375 e. The summed E-state index contributed by atoms with van der Waals surface area (Å²) in [5.41, 5.74) is 3.64. The summed E-state index contributed by atoms with van der Waals surface area (Å²) in [7, 11) is 0. The minimum atomic E-state index is 0.105. The third-order valence-electron chi connectivity index (χ3n) is 4.46. The van der Waals surface area contributed by atoms with Gasteiger partial charge in [-0.05, 0) is 50.2 Å². The number of carbonyl (C=O) groups is 1. The first-order valence-corrected chi connectivity index (χ1v) is 8.09. The van der Waals surface area contributed by atoms with Crippen molar-refractivity contribution in [3.63, 3.8) is 0 Å². The number of allylic oxidation sites excluding steroid dienone is 4. The van der Waals surface area contributed by atoms with Crippen LogP contribution < -0.4 is 0 Å². The maximum atomic E-state index is 12.2. The number of nitrogens with zero attached hydrogens (tertiary/aromatic N) is 1. The summed E-state index contributed by atoms with van der Waals surface area (Å²) in [6, 6.07) is 9.51. The summed E-state index contributed by atoms with van der Waals surface area (Å²) in [6.45, 7) is 2.39. The van der Waals surface area contributed by atoms with Gasteiger partial charge in [-0.2, -0.15) is 0 Å². The van der Waals surface area contributed by atoms with Crippen LogP contribution in [0.1, 0.15) is 48.9 Å². The lowest BCUT2D eigenvalue weighted by atomic mass is 10.1. The predicted octanol–water partition coefficient (Wildman–Crippen LogP) is 4.35. The van der Waals surface area contributed by atoms with Gasteiger partial charge >= 0.3 is 0 Å². The molecule has 0 unspecified atom stereocenters. The molecule has 1 aromatic carbocycles. The van der Waals surface area contributed by atoms with E-state index < -0.39 is 0 Å². The zero-order valence-corrected chi connectivity index (χ0v) is 12.6. The quantitative estimate of drug-likeness (QED) is 0.604. The van der Waals surface area contributed by atoms with E-state index in [2.05, 4.69) is 11.0 Å². The molecule has 1 aromatic rings. The summed E-state index contributed by atoms with van der Waals surface area (Å²) in [4.78, 5) is 14.7. The van der Waals surface area contributed by atoms with Crippen molar-refractivity contribution in [3.05, 3.63) is 59.3 Å². The predicted molar refractivity (Wildman–Crippen MR) is 86.2 cm³/mol. The molecule has 1 heterocycles. The van der Waals surface area contributed by atoms with Crippen LogP contribution in [0.3, 0.4) is 0 Å². The molecule has 21 heavy (non-hydrogen) atoms. The van der Waals surface area contributed by atoms with Crippen LogP contribution in [0.4, 0.5) is 0 Å². The molecule has 1 aliphatic carbocycles. The lowest BCUT2D eigenvalue weighted by Gasteiger charge is -2.30. The Labute approximate surface area is 127 Å². The minimum absolute atomic E-state index is 0.105. The molecule has 2 aliphatic rings. The highest BCUT2D eigenvalue weighted by atomic mass is 16.1. The van der Waals surface area contributed by atoms with Gasteiger partial charge in [0.15, 0.2) is 5.78 Å². The number of benzene rings is 1. The number of hydrogen-bond donors (Lipinski definition) is 0. The topological polar surface area (TPSA) is 20.3 Å². The van der Waals surface area contributed by atoms with Gasteiger partial charge in [0.2, 0.25) is 0 Å². The summed E-state index contributed by atoms with van der Waals surface area (Å²) in [5, 5.41) is 0. The average molecular weight is 281 g/mol. The highest BCUT2D eigenvalue weighted by molar-refractivity contribution is 6.04. The molecule has 0 saturated carbocycles. The monoisotopic (exact) mass is 281 g/mol. The average Bonchev–Trinajstić information content (AvgIpc) is 3.03. The Morgan fingerprint density at radius 2 is 1.71 bits per heavy atom. The van der Waals surface area contributed by atoms with Crippen molar-refractivity contribution in [2.45, 2.75) is 38.5 Å².